The van der Waals surface area contributed by atoms with Gasteiger partial charge >= 0.3 is 5.97 Å². The third-order valence-corrected chi connectivity index (χ3v) is 4.64. The maximum absolute atomic E-state index is 12.2. The topological polar surface area (TPSA) is 66.4 Å². The Bertz CT molecular complexity index is 697. The van der Waals surface area contributed by atoms with Crippen LogP contribution in [-0.4, -0.2) is 17.0 Å². The first-order chi connectivity index (χ1) is 9.38. The number of anilines is 1. The van der Waals surface area contributed by atoms with Crippen LogP contribution in [0.1, 0.15) is 25.6 Å². The number of carboxylic acid groups (broad SMARTS) is 1. The lowest BCUT2D eigenvalue weighted by molar-refractivity contribution is 0.0698. The van der Waals surface area contributed by atoms with Crippen LogP contribution in [0.3, 0.4) is 0 Å². The van der Waals surface area contributed by atoms with Gasteiger partial charge in [0.15, 0.2) is 0 Å². The molecule has 1 aromatic heterocycles. The number of amides is 1. The van der Waals surface area contributed by atoms with E-state index in [1.165, 1.54) is 11.3 Å². The van der Waals surface area contributed by atoms with Gasteiger partial charge in [0.2, 0.25) is 0 Å². The molecular weight excluding hydrogens is 410 g/mol. The zero-order chi connectivity index (χ0) is 14.9. The van der Waals surface area contributed by atoms with E-state index in [9.17, 15) is 9.59 Å². The van der Waals surface area contributed by atoms with E-state index in [0.29, 0.717) is 15.0 Å². The second kappa shape index (κ2) is 6.07. The Labute approximate surface area is 136 Å². The van der Waals surface area contributed by atoms with Crippen molar-refractivity contribution in [3.63, 3.8) is 0 Å². The highest BCUT2D eigenvalue weighted by molar-refractivity contribution is 9.11. The van der Waals surface area contributed by atoms with Gasteiger partial charge in [-0.05, 0) is 47.1 Å². The number of carbonyl (C=O) groups excluding carboxylic acids is 1. The van der Waals surface area contributed by atoms with E-state index < -0.39 is 5.97 Å². The SMILES string of the molecule is Cc1cc(C(=O)O)c(NC(=O)c2cc(Br)ccc2Br)s1. The average molecular weight is 419 g/mol. The summed E-state index contributed by atoms with van der Waals surface area (Å²) in [7, 11) is 0. The number of hydrogen-bond acceptors (Lipinski definition) is 3. The van der Waals surface area contributed by atoms with Gasteiger partial charge in [-0.2, -0.15) is 0 Å². The maximum atomic E-state index is 12.2. The molecule has 0 fully saturated rings. The van der Waals surface area contributed by atoms with E-state index in [2.05, 4.69) is 37.2 Å². The predicted octanol–water partition coefficient (Wildman–Crippen LogP) is 4.53. The van der Waals surface area contributed by atoms with Crippen molar-refractivity contribution in [2.45, 2.75) is 6.92 Å². The Hall–Kier alpha value is -1.18. The first kappa shape index (κ1) is 15.2. The summed E-state index contributed by atoms with van der Waals surface area (Å²) in [6, 6.07) is 6.76. The van der Waals surface area contributed by atoms with Crippen LogP contribution in [0.5, 0.6) is 0 Å². The third-order valence-electron chi connectivity index (χ3n) is 2.49. The highest BCUT2D eigenvalue weighted by Gasteiger charge is 2.18. The van der Waals surface area contributed by atoms with Gasteiger partial charge in [-0.25, -0.2) is 4.79 Å². The van der Waals surface area contributed by atoms with Crippen molar-refractivity contribution in [2.75, 3.05) is 5.32 Å². The zero-order valence-corrected chi connectivity index (χ0v) is 14.2. The highest BCUT2D eigenvalue weighted by Crippen LogP contribution is 2.29. The van der Waals surface area contributed by atoms with E-state index in [1.807, 2.05) is 0 Å². The van der Waals surface area contributed by atoms with Crippen molar-refractivity contribution >= 4 is 60.1 Å². The van der Waals surface area contributed by atoms with Crippen molar-refractivity contribution in [1.29, 1.82) is 0 Å². The Morgan fingerprint density at radius 2 is 1.90 bits per heavy atom. The van der Waals surface area contributed by atoms with Gasteiger partial charge in [-0.3, -0.25) is 4.79 Å². The number of thiophene rings is 1. The lowest BCUT2D eigenvalue weighted by Gasteiger charge is -2.06. The van der Waals surface area contributed by atoms with Gasteiger partial charge < -0.3 is 10.4 Å². The Morgan fingerprint density at radius 3 is 2.55 bits per heavy atom. The first-order valence-corrected chi connectivity index (χ1v) is 7.89. The summed E-state index contributed by atoms with van der Waals surface area (Å²) in [5.74, 6) is -1.42. The van der Waals surface area contributed by atoms with Crippen LogP contribution in [0.4, 0.5) is 5.00 Å². The Kier molecular flexibility index (Phi) is 4.62. The van der Waals surface area contributed by atoms with Crippen LogP contribution in [0.15, 0.2) is 33.2 Å². The molecule has 7 heteroatoms. The molecule has 0 saturated carbocycles. The molecule has 0 atom stereocenters. The normalized spacial score (nSPS) is 10.3. The lowest BCUT2D eigenvalue weighted by Crippen LogP contribution is -2.13. The number of benzene rings is 1. The molecule has 0 radical (unpaired) electrons. The molecule has 0 saturated heterocycles. The van der Waals surface area contributed by atoms with E-state index in [0.717, 1.165) is 9.35 Å². The summed E-state index contributed by atoms with van der Waals surface area (Å²) in [6.07, 6.45) is 0. The van der Waals surface area contributed by atoms with Crippen LogP contribution in [0, 0.1) is 6.92 Å². The fraction of sp³-hybridized carbons (Fsp3) is 0.0769. The number of halogens is 2. The van der Waals surface area contributed by atoms with E-state index in [4.69, 9.17) is 5.11 Å². The van der Waals surface area contributed by atoms with Crippen LogP contribution < -0.4 is 5.32 Å². The molecule has 1 aromatic carbocycles. The molecule has 4 nitrogen and oxygen atoms in total. The summed E-state index contributed by atoms with van der Waals surface area (Å²) < 4.78 is 1.41. The molecule has 1 heterocycles. The van der Waals surface area contributed by atoms with Crippen molar-refractivity contribution in [1.82, 2.24) is 0 Å². The maximum Gasteiger partial charge on any atom is 0.338 e. The van der Waals surface area contributed by atoms with Crippen molar-refractivity contribution in [2.24, 2.45) is 0 Å². The quantitative estimate of drug-likeness (QED) is 0.769. The number of carboxylic acids is 1. The number of hydrogen-bond donors (Lipinski definition) is 2. The number of rotatable bonds is 3. The lowest BCUT2D eigenvalue weighted by atomic mass is 10.2. The second-order valence-electron chi connectivity index (χ2n) is 3.98. The molecule has 1 amide bonds. The molecule has 0 aliphatic heterocycles. The molecule has 2 rings (SSSR count). The summed E-state index contributed by atoms with van der Waals surface area (Å²) in [5, 5.41) is 12.1. The summed E-state index contributed by atoms with van der Waals surface area (Å²) in [6.45, 7) is 1.79. The van der Waals surface area contributed by atoms with E-state index in [-0.39, 0.29) is 11.5 Å². The van der Waals surface area contributed by atoms with E-state index in [1.54, 1.807) is 31.2 Å². The molecule has 20 heavy (non-hydrogen) atoms. The molecule has 2 N–H and O–H groups in total. The average Bonchev–Trinajstić information content (AvgIpc) is 2.73. The summed E-state index contributed by atoms with van der Waals surface area (Å²) in [4.78, 5) is 24.2. The Morgan fingerprint density at radius 1 is 1.20 bits per heavy atom. The van der Waals surface area contributed by atoms with Crippen molar-refractivity contribution in [3.05, 3.63) is 49.2 Å². The molecular formula is C13H9Br2NO3S. The standard InChI is InChI=1S/C13H9Br2NO3S/c1-6-4-9(13(18)19)12(20-6)16-11(17)8-5-7(14)2-3-10(8)15/h2-5H,1H3,(H,16,17)(H,18,19). The molecule has 0 aliphatic rings. The second-order valence-corrected chi connectivity index (χ2v) is 7.01. The molecule has 0 bridgehead atoms. The minimum Gasteiger partial charge on any atom is -0.478 e. The minimum atomic E-state index is -1.06. The highest BCUT2D eigenvalue weighted by atomic mass is 79.9. The summed E-state index contributed by atoms with van der Waals surface area (Å²) in [5.41, 5.74) is 0.536. The number of aryl methyl sites for hydroxylation is 1. The third kappa shape index (κ3) is 3.28. The van der Waals surface area contributed by atoms with Gasteiger partial charge in [-0.15, -0.1) is 11.3 Å². The van der Waals surface area contributed by atoms with E-state index >= 15 is 0 Å². The number of carbonyl (C=O) groups is 2. The number of aromatic carboxylic acids is 1. The van der Waals surface area contributed by atoms with Crippen molar-refractivity contribution < 1.29 is 14.7 Å². The molecule has 2 aromatic rings. The monoisotopic (exact) mass is 417 g/mol. The van der Waals surface area contributed by atoms with Gasteiger partial charge in [0, 0.05) is 13.8 Å². The van der Waals surface area contributed by atoms with Crippen molar-refractivity contribution in [3.8, 4) is 0 Å². The Balaban J connectivity index is 2.32. The minimum absolute atomic E-state index is 0.104. The van der Waals surface area contributed by atoms with Gasteiger partial charge in [-0.1, -0.05) is 15.9 Å². The molecule has 0 unspecified atom stereocenters. The molecule has 0 aliphatic carbocycles. The number of nitrogens with one attached hydrogen (secondary N) is 1. The molecule has 104 valence electrons. The zero-order valence-electron chi connectivity index (χ0n) is 10.2. The predicted molar refractivity (Wildman–Crippen MR) is 85.8 cm³/mol. The van der Waals surface area contributed by atoms with Gasteiger partial charge in [0.25, 0.3) is 5.91 Å². The fourth-order valence-corrected chi connectivity index (χ4v) is 3.29. The van der Waals surface area contributed by atoms with Crippen LogP contribution >= 0.6 is 43.2 Å². The first-order valence-electron chi connectivity index (χ1n) is 5.48. The van der Waals surface area contributed by atoms with Gasteiger partial charge in [0.1, 0.15) is 5.00 Å². The smallest absolute Gasteiger partial charge is 0.338 e. The van der Waals surface area contributed by atoms with Crippen LogP contribution in [-0.2, 0) is 0 Å². The van der Waals surface area contributed by atoms with Crippen LogP contribution in [0.25, 0.3) is 0 Å². The summed E-state index contributed by atoms with van der Waals surface area (Å²) >= 11 is 7.84. The van der Waals surface area contributed by atoms with Crippen LogP contribution in [0.2, 0.25) is 0 Å². The van der Waals surface area contributed by atoms with Gasteiger partial charge in [0.05, 0.1) is 11.1 Å². The largest absolute Gasteiger partial charge is 0.478 e. The molecule has 0 spiro atoms. The fourth-order valence-electron chi connectivity index (χ4n) is 1.61.